The standard InChI is InChI=1S/C22H22ClN5O/c1-13(2)11-25-22(29)18-19-21(27-17-6-4-3-5-16(17)26-19)28(20(18)24)12-14-7-9-15(23)10-8-14/h3-10,13H,11-12,24H2,1-2H3,(H,25,29). The normalized spacial score (nSPS) is 11.4. The number of halogens is 1. The Morgan fingerprint density at radius 3 is 2.41 bits per heavy atom. The second-order valence-corrected chi connectivity index (χ2v) is 7.90. The first-order chi connectivity index (χ1) is 13.9. The van der Waals surface area contributed by atoms with Gasteiger partial charge in [-0.2, -0.15) is 0 Å². The van der Waals surface area contributed by atoms with Crippen molar-refractivity contribution in [3.05, 3.63) is 64.7 Å². The maximum Gasteiger partial charge on any atom is 0.257 e. The van der Waals surface area contributed by atoms with Crippen LogP contribution in [-0.4, -0.2) is 27.0 Å². The number of nitrogens with zero attached hydrogens (tertiary/aromatic N) is 3. The summed E-state index contributed by atoms with van der Waals surface area (Å²) in [6.45, 7) is 5.11. The molecule has 0 radical (unpaired) electrons. The summed E-state index contributed by atoms with van der Waals surface area (Å²) in [7, 11) is 0. The van der Waals surface area contributed by atoms with Gasteiger partial charge in [0.15, 0.2) is 5.65 Å². The molecule has 4 aromatic rings. The maximum atomic E-state index is 12.9. The second kappa shape index (κ2) is 7.72. The molecule has 0 aliphatic heterocycles. The fraction of sp³-hybridized carbons (Fsp3) is 0.227. The van der Waals surface area contributed by atoms with Gasteiger partial charge in [-0.05, 0) is 35.7 Å². The van der Waals surface area contributed by atoms with E-state index in [9.17, 15) is 4.79 Å². The maximum absolute atomic E-state index is 12.9. The third-order valence-electron chi connectivity index (χ3n) is 4.74. The third-order valence-corrected chi connectivity index (χ3v) is 5.00. The fourth-order valence-corrected chi connectivity index (χ4v) is 3.38. The summed E-state index contributed by atoms with van der Waals surface area (Å²) in [5, 5.41) is 3.61. The number of para-hydroxylation sites is 2. The van der Waals surface area contributed by atoms with Gasteiger partial charge < -0.3 is 15.6 Å². The molecule has 0 fully saturated rings. The van der Waals surface area contributed by atoms with Gasteiger partial charge in [0.05, 0.1) is 17.6 Å². The number of benzene rings is 2. The van der Waals surface area contributed by atoms with Crippen LogP contribution in [0.25, 0.3) is 22.2 Å². The molecule has 148 valence electrons. The minimum atomic E-state index is -0.236. The molecule has 1 amide bonds. The van der Waals surface area contributed by atoms with E-state index in [4.69, 9.17) is 27.3 Å². The molecule has 0 bridgehead atoms. The van der Waals surface area contributed by atoms with E-state index in [1.165, 1.54) is 0 Å². The number of amides is 1. The van der Waals surface area contributed by atoms with Gasteiger partial charge in [0.1, 0.15) is 16.9 Å². The largest absolute Gasteiger partial charge is 0.384 e. The summed E-state index contributed by atoms with van der Waals surface area (Å²) in [5.41, 5.74) is 10.4. The van der Waals surface area contributed by atoms with Crippen molar-refractivity contribution in [3.8, 4) is 0 Å². The van der Waals surface area contributed by atoms with Gasteiger partial charge in [-0.25, -0.2) is 9.97 Å². The lowest BCUT2D eigenvalue weighted by Gasteiger charge is -2.09. The summed E-state index contributed by atoms with van der Waals surface area (Å²) < 4.78 is 1.84. The molecule has 0 aliphatic carbocycles. The summed E-state index contributed by atoms with van der Waals surface area (Å²) >= 11 is 6.01. The first kappa shape index (κ1) is 19.2. The van der Waals surface area contributed by atoms with E-state index in [-0.39, 0.29) is 5.91 Å². The molecule has 6 nitrogen and oxygen atoms in total. The average molecular weight is 408 g/mol. The summed E-state index contributed by atoms with van der Waals surface area (Å²) in [6.07, 6.45) is 0. The Morgan fingerprint density at radius 1 is 1.10 bits per heavy atom. The number of aromatic nitrogens is 3. The van der Waals surface area contributed by atoms with Crippen molar-refractivity contribution < 1.29 is 4.79 Å². The van der Waals surface area contributed by atoms with Crippen LogP contribution in [0.3, 0.4) is 0 Å². The van der Waals surface area contributed by atoms with Crippen molar-refractivity contribution in [1.29, 1.82) is 0 Å². The highest BCUT2D eigenvalue weighted by atomic mass is 35.5. The lowest BCUT2D eigenvalue weighted by molar-refractivity contribution is 0.0951. The number of nitrogens with two attached hydrogens (primary N) is 1. The molecule has 29 heavy (non-hydrogen) atoms. The van der Waals surface area contributed by atoms with Crippen LogP contribution >= 0.6 is 11.6 Å². The number of carbonyl (C=O) groups excluding carboxylic acids is 1. The molecule has 2 aromatic carbocycles. The number of anilines is 1. The van der Waals surface area contributed by atoms with Gasteiger partial charge in [-0.3, -0.25) is 4.79 Å². The molecule has 0 saturated heterocycles. The van der Waals surface area contributed by atoms with Crippen LogP contribution in [0.4, 0.5) is 5.82 Å². The first-order valence-corrected chi connectivity index (χ1v) is 9.89. The quantitative estimate of drug-likeness (QED) is 0.517. The van der Waals surface area contributed by atoms with Crippen molar-refractivity contribution in [3.63, 3.8) is 0 Å². The van der Waals surface area contributed by atoms with Crippen molar-refractivity contribution in [1.82, 2.24) is 19.9 Å². The molecule has 0 spiro atoms. The Bertz CT molecular complexity index is 1200. The zero-order valence-corrected chi connectivity index (χ0v) is 17.1. The Labute approximate surface area is 173 Å². The minimum Gasteiger partial charge on any atom is -0.384 e. The van der Waals surface area contributed by atoms with Crippen LogP contribution in [-0.2, 0) is 6.54 Å². The predicted octanol–water partition coefficient (Wildman–Crippen LogP) is 4.25. The summed E-state index contributed by atoms with van der Waals surface area (Å²) in [4.78, 5) is 22.4. The van der Waals surface area contributed by atoms with E-state index in [1.54, 1.807) is 0 Å². The number of fused-ring (bicyclic) bond motifs is 2. The third kappa shape index (κ3) is 3.76. The zero-order chi connectivity index (χ0) is 20.5. The lowest BCUT2D eigenvalue weighted by atomic mass is 10.2. The molecule has 4 rings (SSSR count). The molecule has 3 N–H and O–H groups in total. The average Bonchev–Trinajstić information content (AvgIpc) is 2.97. The van der Waals surface area contributed by atoms with Crippen LogP contribution in [0.2, 0.25) is 5.02 Å². The monoisotopic (exact) mass is 407 g/mol. The Hall–Kier alpha value is -3.12. The molecular formula is C22H22ClN5O. The molecule has 0 saturated carbocycles. The molecular weight excluding hydrogens is 386 g/mol. The van der Waals surface area contributed by atoms with Crippen molar-refractivity contribution in [2.75, 3.05) is 12.3 Å². The van der Waals surface area contributed by atoms with Crippen LogP contribution in [0, 0.1) is 5.92 Å². The molecule has 7 heteroatoms. The topological polar surface area (TPSA) is 85.8 Å². The van der Waals surface area contributed by atoms with Crippen molar-refractivity contribution in [2.45, 2.75) is 20.4 Å². The Morgan fingerprint density at radius 2 is 1.76 bits per heavy atom. The van der Waals surface area contributed by atoms with Gasteiger partial charge in [-0.15, -0.1) is 0 Å². The summed E-state index contributed by atoms with van der Waals surface area (Å²) in [6, 6.07) is 15.1. The predicted molar refractivity (Wildman–Crippen MR) is 117 cm³/mol. The van der Waals surface area contributed by atoms with Gasteiger partial charge in [0, 0.05) is 11.6 Å². The van der Waals surface area contributed by atoms with Crippen LogP contribution in [0.15, 0.2) is 48.5 Å². The van der Waals surface area contributed by atoms with Crippen LogP contribution < -0.4 is 11.1 Å². The van der Waals surface area contributed by atoms with Crippen LogP contribution in [0.5, 0.6) is 0 Å². The fourth-order valence-electron chi connectivity index (χ4n) is 3.26. The van der Waals surface area contributed by atoms with E-state index < -0.39 is 0 Å². The van der Waals surface area contributed by atoms with Gasteiger partial charge in [0.2, 0.25) is 0 Å². The highest BCUT2D eigenvalue weighted by molar-refractivity contribution is 6.30. The van der Waals surface area contributed by atoms with Crippen molar-refractivity contribution in [2.24, 2.45) is 5.92 Å². The smallest absolute Gasteiger partial charge is 0.257 e. The van der Waals surface area contributed by atoms with Crippen LogP contribution in [0.1, 0.15) is 29.8 Å². The van der Waals surface area contributed by atoms with Crippen molar-refractivity contribution >= 4 is 45.5 Å². The Kier molecular flexibility index (Phi) is 5.11. The van der Waals surface area contributed by atoms with E-state index in [0.717, 1.165) is 16.6 Å². The molecule has 0 atom stereocenters. The number of nitrogen functional groups attached to an aromatic ring is 1. The molecule has 2 aromatic heterocycles. The first-order valence-electron chi connectivity index (χ1n) is 9.51. The minimum absolute atomic E-state index is 0.236. The number of carbonyl (C=O) groups is 1. The number of hydrogen-bond acceptors (Lipinski definition) is 4. The lowest BCUT2D eigenvalue weighted by Crippen LogP contribution is -2.28. The van der Waals surface area contributed by atoms with Gasteiger partial charge in [0.25, 0.3) is 5.91 Å². The molecule has 0 aliphatic rings. The number of nitrogens with one attached hydrogen (secondary N) is 1. The second-order valence-electron chi connectivity index (χ2n) is 7.46. The van der Waals surface area contributed by atoms with Gasteiger partial charge in [-0.1, -0.05) is 49.7 Å². The SMILES string of the molecule is CC(C)CNC(=O)c1c(N)n(Cc2ccc(Cl)cc2)c2nc3ccccc3nc12. The van der Waals surface area contributed by atoms with Gasteiger partial charge >= 0.3 is 0 Å². The number of rotatable bonds is 5. The van der Waals surface area contributed by atoms with E-state index >= 15 is 0 Å². The summed E-state index contributed by atoms with van der Waals surface area (Å²) in [5.74, 6) is 0.446. The van der Waals surface area contributed by atoms with E-state index in [0.29, 0.717) is 46.6 Å². The van der Waals surface area contributed by atoms with E-state index in [2.05, 4.69) is 5.32 Å². The Balaban J connectivity index is 1.89. The molecule has 0 unspecified atom stereocenters. The highest BCUT2D eigenvalue weighted by Crippen LogP contribution is 2.29. The number of hydrogen-bond donors (Lipinski definition) is 2. The molecule has 2 heterocycles. The zero-order valence-electron chi connectivity index (χ0n) is 16.3. The highest BCUT2D eigenvalue weighted by Gasteiger charge is 2.24. The van der Waals surface area contributed by atoms with E-state index in [1.807, 2.05) is 66.9 Å².